The molecule has 0 heterocycles. The summed E-state index contributed by atoms with van der Waals surface area (Å²) < 4.78 is 40.3. The Labute approximate surface area is 120 Å². The number of anilines is 1. The lowest BCUT2D eigenvalue weighted by atomic mass is 10.1. The molecule has 1 aromatic rings. The van der Waals surface area contributed by atoms with Gasteiger partial charge in [-0.2, -0.15) is 0 Å². The Bertz CT molecular complexity index is 527. The molecule has 2 rings (SSSR count). The average Bonchev–Trinajstić information content (AvgIpc) is 3.20. The van der Waals surface area contributed by atoms with Gasteiger partial charge in [0, 0.05) is 18.7 Å². The van der Waals surface area contributed by atoms with Crippen LogP contribution < -0.4 is 10.5 Å². The van der Waals surface area contributed by atoms with Crippen molar-refractivity contribution in [1.82, 2.24) is 4.90 Å². The van der Waals surface area contributed by atoms with Gasteiger partial charge in [-0.05, 0) is 43.9 Å². The summed E-state index contributed by atoms with van der Waals surface area (Å²) in [6, 6.07) is 3.59. The first-order valence-corrected chi connectivity index (χ1v) is 6.74. The van der Waals surface area contributed by atoms with E-state index >= 15 is 0 Å². The van der Waals surface area contributed by atoms with Crippen LogP contribution in [0.1, 0.15) is 30.1 Å². The third-order valence-corrected chi connectivity index (χ3v) is 3.33. The fraction of sp³-hybridized carbons (Fsp3) is 0.500. The smallest absolute Gasteiger partial charge is 0.404 e. The molecule has 0 aliphatic heterocycles. The number of alkyl halides is 3. The van der Waals surface area contributed by atoms with Crippen LogP contribution in [0.2, 0.25) is 0 Å². The van der Waals surface area contributed by atoms with Crippen LogP contribution >= 0.6 is 0 Å². The molecule has 116 valence electrons. The second-order valence-corrected chi connectivity index (χ2v) is 5.09. The van der Waals surface area contributed by atoms with E-state index in [0.29, 0.717) is 19.0 Å². The summed E-state index contributed by atoms with van der Waals surface area (Å²) in [5.74, 6) is -0.182. The molecule has 1 amide bonds. The summed E-state index contributed by atoms with van der Waals surface area (Å²) in [4.78, 5) is 14.0. The van der Waals surface area contributed by atoms with Crippen LogP contribution in [-0.4, -0.2) is 30.3 Å². The molecule has 1 aliphatic rings. The van der Waals surface area contributed by atoms with Gasteiger partial charge in [0.25, 0.3) is 5.91 Å². The van der Waals surface area contributed by atoms with Gasteiger partial charge in [-0.15, -0.1) is 13.2 Å². The molecule has 21 heavy (non-hydrogen) atoms. The van der Waals surface area contributed by atoms with Crippen LogP contribution in [0.4, 0.5) is 18.9 Å². The van der Waals surface area contributed by atoms with Gasteiger partial charge in [0.05, 0.1) is 5.69 Å². The topological polar surface area (TPSA) is 55.6 Å². The number of nitrogens with zero attached hydrogens (tertiary/aromatic N) is 1. The van der Waals surface area contributed by atoms with Gasteiger partial charge in [-0.1, -0.05) is 0 Å². The van der Waals surface area contributed by atoms with Gasteiger partial charge in [-0.3, -0.25) is 4.79 Å². The van der Waals surface area contributed by atoms with Gasteiger partial charge < -0.3 is 15.4 Å². The predicted molar refractivity (Wildman–Crippen MR) is 71.8 cm³/mol. The van der Waals surface area contributed by atoms with Crippen molar-refractivity contribution in [3.63, 3.8) is 0 Å². The minimum absolute atomic E-state index is 0.208. The summed E-state index contributed by atoms with van der Waals surface area (Å²) in [5, 5.41) is 0. The number of hydrogen-bond donors (Lipinski definition) is 1. The molecule has 0 spiro atoms. The maximum Gasteiger partial charge on any atom is 0.573 e. The number of halogens is 3. The van der Waals surface area contributed by atoms with Crippen LogP contribution in [0.3, 0.4) is 0 Å². The predicted octanol–water partition coefficient (Wildman–Crippen LogP) is 3.04. The number of ether oxygens (including phenoxy) is 1. The normalized spacial score (nSPS) is 14.9. The van der Waals surface area contributed by atoms with E-state index in [1.807, 2.05) is 6.92 Å². The number of amides is 1. The molecular weight excluding hydrogens is 285 g/mol. The summed E-state index contributed by atoms with van der Waals surface area (Å²) in [5.41, 5.74) is 5.59. The highest BCUT2D eigenvalue weighted by atomic mass is 19.4. The molecule has 0 atom stereocenters. The molecule has 2 N–H and O–H groups in total. The highest BCUT2D eigenvalue weighted by molar-refractivity contribution is 5.95. The van der Waals surface area contributed by atoms with Crippen LogP contribution in [0.25, 0.3) is 0 Å². The molecular formula is C14H17F3N2O2. The van der Waals surface area contributed by atoms with Crippen molar-refractivity contribution in [1.29, 1.82) is 0 Å². The first kappa shape index (κ1) is 15.5. The number of nitrogen functional groups attached to an aromatic ring is 1. The maximum atomic E-state index is 12.3. The molecule has 1 saturated carbocycles. The number of benzene rings is 1. The number of carbonyl (C=O) groups is 1. The van der Waals surface area contributed by atoms with Crippen molar-refractivity contribution in [2.45, 2.75) is 26.1 Å². The highest BCUT2D eigenvalue weighted by Gasteiger charge is 2.32. The largest absolute Gasteiger partial charge is 0.573 e. The van der Waals surface area contributed by atoms with Crippen molar-refractivity contribution >= 4 is 11.6 Å². The molecule has 0 aromatic heterocycles. The molecule has 4 nitrogen and oxygen atoms in total. The number of nitrogens with two attached hydrogens (primary N) is 1. The van der Waals surface area contributed by atoms with E-state index in [4.69, 9.17) is 5.73 Å². The van der Waals surface area contributed by atoms with E-state index in [2.05, 4.69) is 4.74 Å². The van der Waals surface area contributed by atoms with Crippen molar-refractivity contribution < 1.29 is 22.7 Å². The van der Waals surface area contributed by atoms with Gasteiger partial charge in [-0.25, -0.2) is 0 Å². The van der Waals surface area contributed by atoms with E-state index in [1.54, 1.807) is 4.90 Å². The van der Waals surface area contributed by atoms with Crippen LogP contribution in [0, 0.1) is 5.92 Å². The van der Waals surface area contributed by atoms with Crippen molar-refractivity contribution in [3.05, 3.63) is 23.8 Å². The van der Waals surface area contributed by atoms with Crippen LogP contribution in [0.5, 0.6) is 5.75 Å². The third kappa shape index (κ3) is 4.27. The van der Waals surface area contributed by atoms with Crippen molar-refractivity contribution in [3.8, 4) is 5.75 Å². The Morgan fingerprint density at radius 1 is 1.43 bits per heavy atom. The fourth-order valence-corrected chi connectivity index (χ4v) is 2.05. The summed E-state index contributed by atoms with van der Waals surface area (Å²) in [7, 11) is 0. The summed E-state index contributed by atoms with van der Waals surface area (Å²) in [6.45, 7) is 3.09. The minimum Gasteiger partial charge on any atom is -0.404 e. The average molecular weight is 302 g/mol. The second kappa shape index (κ2) is 5.83. The minimum atomic E-state index is -4.80. The summed E-state index contributed by atoms with van der Waals surface area (Å²) >= 11 is 0. The number of carbonyl (C=O) groups excluding carboxylic acids is 1. The zero-order valence-corrected chi connectivity index (χ0v) is 11.6. The molecule has 0 radical (unpaired) electrons. The Morgan fingerprint density at radius 2 is 2.10 bits per heavy atom. The molecule has 1 aliphatic carbocycles. The molecule has 0 bridgehead atoms. The van der Waals surface area contributed by atoms with Gasteiger partial charge in [0.2, 0.25) is 0 Å². The van der Waals surface area contributed by atoms with E-state index in [-0.39, 0.29) is 17.2 Å². The van der Waals surface area contributed by atoms with Gasteiger partial charge in [0.1, 0.15) is 0 Å². The first-order valence-electron chi connectivity index (χ1n) is 6.74. The fourth-order valence-electron chi connectivity index (χ4n) is 2.05. The highest BCUT2D eigenvalue weighted by Crippen LogP contribution is 2.31. The Kier molecular flexibility index (Phi) is 4.29. The van der Waals surface area contributed by atoms with Crippen LogP contribution in [0.15, 0.2) is 18.2 Å². The van der Waals surface area contributed by atoms with E-state index in [0.717, 1.165) is 18.9 Å². The monoisotopic (exact) mass is 302 g/mol. The maximum absolute atomic E-state index is 12.3. The van der Waals surface area contributed by atoms with E-state index < -0.39 is 12.1 Å². The van der Waals surface area contributed by atoms with Gasteiger partial charge in [0.15, 0.2) is 5.75 Å². The molecule has 0 unspecified atom stereocenters. The Hall–Kier alpha value is -1.92. The molecule has 1 fully saturated rings. The van der Waals surface area contributed by atoms with Crippen molar-refractivity contribution in [2.75, 3.05) is 18.8 Å². The quantitative estimate of drug-likeness (QED) is 0.851. The van der Waals surface area contributed by atoms with Crippen molar-refractivity contribution in [2.24, 2.45) is 5.92 Å². The third-order valence-electron chi connectivity index (χ3n) is 3.33. The Balaban J connectivity index is 2.12. The Morgan fingerprint density at radius 3 is 2.57 bits per heavy atom. The molecule has 7 heteroatoms. The second-order valence-electron chi connectivity index (χ2n) is 5.09. The molecule has 0 saturated heterocycles. The SMILES string of the molecule is CCN(CC1CC1)C(=O)c1ccc(OC(F)(F)F)c(N)c1. The number of rotatable bonds is 5. The van der Waals surface area contributed by atoms with Crippen LogP contribution in [-0.2, 0) is 0 Å². The van der Waals surface area contributed by atoms with Gasteiger partial charge >= 0.3 is 6.36 Å². The first-order chi connectivity index (χ1) is 9.80. The lowest BCUT2D eigenvalue weighted by Gasteiger charge is -2.21. The van der Waals surface area contributed by atoms with E-state index in [9.17, 15) is 18.0 Å². The standard InChI is InChI=1S/C14H17F3N2O2/c1-2-19(8-9-3-4-9)13(20)10-5-6-12(11(18)7-10)21-14(15,16)17/h5-7,9H,2-4,8,18H2,1H3. The zero-order chi connectivity index (χ0) is 15.6. The zero-order valence-electron chi connectivity index (χ0n) is 11.6. The molecule has 1 aromatic carbocycles. The lowest BCUT2D eigenvalue weighted by molar-refractivity contribution is -0.274. The van der Waals surface area contributed by atoms with E-state index in [1.165, 1.54) is 12.1 Å². The lowest BCUT2D eigenvalue weighted by Crippen LogP contribution is -2.32. The summed E-state index contributed by atoms with van der Waals surface area (Å²) in [6.07, 6.45) is -2.57. The number of hydrogen-bond acceptors (Lipinski definition) is 3.